The van der Waals surface area contributed by atoms with E-state index in [9.17, 15) is 0 Å². The van der Waals surface area contributed by atoms with E-state index in [1.807, 2.05) is 6.07 Å². The maximum Gasteiger partial charge on any atom is 0.134 e. The molecule has 64 heavy (non-hydrogen) atoms. The quantitative estimate of drug-likeness (QED) is 0.152. The molecule has 304 valence electrons. The second-order valence-corrected chi connectivity index (χ2v) is 17.2. The van der Waals surface area contributed by atoms with Gasteiger partial charge in [0.2, 0.25) is 0 Å². The third kappa shape index (κ3) is 6.94. The molecule has 1 aromatic heterocycles. The van der Waals surface area contributed by atoms with Gasteiger partial charge in [-0.05, 0) is 116 Å². The van der Waals surface area contributed by atoms with Crippen molar-refractivity contribution in [2.45, 2.75) is 18.3 Å². The topological polar surface area (TPSA) is 16.4 Å². The fourth-order valence-electron chi connectivity index (χ4n) is 10.1. The normalized spacial score (nSPS) is 17.3. The lowest BCUT2D eigenvalue weighted by Gasteiger charge is -2.29. The minimum atomic E-state index is 0.167. The minimum absolute atomic E-state index is 0.167. The highest BCUT2D eigenvalue weighted by Crippen LogP contribution is 2.44. The number of hydrogen-bond acceptors (Lipinski definition) is 2. The first-order valence-electron chi connectivity index (χ1n) is 22.4. The van der Waals surface area contributed by atoms with Crippen molar-refractivity contribution < 1.29 is 4.42 Å². The minimum Gasteiger partial charge on any atom is -0.460 e. The van der Waals surface area contributed by atoms with Crippen molar-refractivity contribution in [1.29, 1.82) is 0 Å². The van der Waals surface area contributed by atoms with Gasteiger partial charge in [-0.2, -0.15) is 0 Å². The van der Waals surface area contributed by atoms with E-state index in [0.717, 1.165) is 34.8 Å². The monoisotopic (exact) mass is 819 g/mol. The third-order valence-corrected chi connectivity index (χ3v) is 13.5. The molecule has 3 aliphatic rings. The number of anilines is 3. The van der Waals surface area contributed by atoms with Gasteiger partial charge in [0.1, 0.15) is 11.3 Å². The summed E-state index contributed by atoms with van der Waals surface area (Å²) >= 11 is 0. The molecule has 12 rings (SSSR count). The van der Waals surface area contributed by atoms with Crippen LogP contribution in [0.15, 0.2) is 247 Å². The van der Waals surface area contributed by atoms with E-state index >= 15 is 0 Å². The molecular weight excluding hydrogens is 775 g/mol. The van der Waals surface area contributed by atoms with Crippen LogP contribution in [0.25, 0.3) is 61.2 Å². The summed E-state index contributed by atoms with van der Waals surface area (Å²) < 4.78 is 6.50. The molecule has 3 aliphatic carbocycles. The van der Waals surface area contributed by atoms with Gasteiger partial charge in [0.15, 0.2) is 0 Å². The van der Waals surface area contributed by atoms with E-state index in [1.165, 1.54) is 71.8 Å². The standard InChI is InChI=1S/C62H45NO/c1-2-11-51-41-52(28-27-42(51)9-1)47-25-23-44(24-26-47)43-19-21-45(22-20-43)46-29-35-53(36-30-46)63(54-37-31-49(32-38-54)57-15-7-12-48-10-3-4-13-56(48)57)55-39-33-50(34-40-55)58-16-8-17-60-59-14-5-6-18-61(59)64-62(58)60/h1-15,17-41,56-58H,16H2. The van der Waals surface area contributed by atoms with Crippen LogP contribution in [-0.2, 0) is 0 Å². The molecule has 0 saturated carbocycles. The molecule has 2 nitrogen and oxygen atoms in total. The molecule has 0 fully saturated rings. The molecule has 3 unspecified atom stereocenters. The highest BCUT2D eigenvalue weighted by Gasteiger charge is 2.27. The lowest BCUT2D eigenvalue weighted by Crippen LogP contribution is -2.15. The fraction of sp³-hybridized carbons (Fsp3) is 0.0645. The van der Waals surface area contributed by atoms with Gasteiger partial charge in [-0.1, -0.05) is 194 Å². The van der Waals surface area contributed by atoms with Gasteiger partial charge in [-0.3, -0.25) is 0 Å². The highest BCUT2D eigenvalue weighted by molar-refractivity contribution is 5.90. The average Bonchev–Trinajstić information content (AvgIpc) is 3.76. The molecule has 0 N–H and O–H groups in total. The second kappa shape index (κ2) is 16.1. The molecule has 0 bridgehead atoms. The molecule has 2 heteroatoms. The third-order valence-electron chi connectivity index (χ3n) is 13.5. The van der Waals surface area contributed by atoms with E-state index < -0.39 is 0 Å². The van der Waals surface area contributed by atoms with Crippen molar-refractivity contribution in [1.82, 2.24) is 0 Å². The first-order valence-corrected chi connectivity index (χ1v) is 22.4. The lowest BCUT2D eigenvalue weighted by atomic mass is 9.76. The summed E-state index contributed by atoms with van der Waals surface area (Å²) in [6.45, 7) is 0. The van der Waals surface area contributed by atoms with E-state index in [2.05, 4.69) is 242 Å². The largest absolute Gasteiger partial charge is 0.460 e. The zero-order chi connectivity index (χ0) is 42.4. The maximum absolute atomic E-state index is 6.50. The van der Waals surface area contributed by atoms with Crippen molar-refractivity contribution in [3.63, 3.8) is 0 Å². The number of para-hydroxylation sites is 1. The summed E-state index contributed by atoms with van der Waals surface area (Å²) in [4.78, 5) is 2.38. The van der Waals surface area contributed by atoms with Crippen LogP contribution in [0.2, 0.25) is 0 Å². The van der Waals surface area contributed by atoms with Gasteiger partial charge in [-0.15, -0.1) is 0 Å². The SMILES string of the molecule is C1=CC2=CC=CC(c3ccc(N(c4ccc(-c5ccc(-c6ccc(-c7ccc8ccccc8c7)cc6)cc5)cc4)c4ccc(C5CC=Cc6c5oc5ccccc65)cc4)cc3)C2C=C1. The smallest absolute Gasteiger partial charge is 0.134 e. The Hall–Kier alpha value is -7.94. The van der Waals surface area contributed by atoms with Gasteiger partial charge in [0.05, 0.1) is 0 Å². The number of nitrogens with zero attached hydrogens (tertiary/aromatic N) is 1. The summed E-state index contributed by atoms with van der Waals surface area (Å²) in [7, 11) is 0. The number of allylic oxidation sites excluding steroid dienone is 9. The number of benzene rings is 8. The molecule has 1 heterocycles. The Bertz CT molecular complexity index is 3320. The van der Waals surface area contributed by atoms with Gasteiger partial charge in [-0.25, -0.2) is 0 Å². The zero-order valence-electron chi connectivity index (χ0n) is 35.4. The lowest BCUT2D eigenvalue weighted by molar-refractivity contribution is 0.517. The van der Waals surface area contributed by atoms with Crippen molar-refractivity contribution in [2.24, 2.45) is 5.92 Å². The van der Waals surface area contributed by atoms with Gasteiger partial charge in [0.25, 0.3) is 0 Å². The van der Waals surface area contributed by atoms with Crippen LogP contribution < -0.4 is 4.90 Å². The van der Waals surface area contributed by atoms with Crippen molar-refractivity contribution >= 4 is 44.9 Å². The van der Waals surface area contributed by atoms with Gasteiger partial charge >= 0.3 is 0 Å². The van der Waals surface area contributed by atoms with Crippen LogP contribution in [0.1, 0.15) is 40.7 Å². The van der Waals surface area contributed by atoms with Crippen LogP contribution in [0.5, 0.6) is 0 Å². The molecule has 0 aliphatic heterocycles. The van der Waals surface area contributed by atoms with Crippen molar-refractivity contribution in [2.75, 3.05) is 4.90 Å². The van der Waals surface area contributed by atoms with Crippen molar-refractivity contribution in [3.8, 4) is 33.4 Å². The summed E-state index contributed by atoms with van der Waals surface area (Å²) in [6, 6.07) is 68.8. The Labute approximate surface area is 374 Å². The fourth-order valence-corrected chi connectivity index (χ4v) is 10.1. The number of hydrogen-bond donors (Lipinski definition) is 0. The second-order valence-electron chi connectivity index (χ2n) is 17.2. The molecule has 3 atom stereocenters. The Kier molecular flexibility index (Phi) is 9.49. The highest BCUT2D eigenvalue weighted by atomic mass is 16.3. The number of furan rings is 1. The first-order chi connectivity index (χ1) is 31.7. The van der Waals surface area contributed by atoms with Gasteiger partial charge < -0.3 is 9.32 Å². The molecular formula is C62H45NO. The molecule has 0 saturated heterocycles. The van der Waals surface area contributed by atoms with Crippen LogP contribution in [0, 0.1) is 5.92 Å². The Balaban J connectivity index is 0.830. The molecule has 0 radical (unpaired) electrons. The summed E-state index contributed by atoms with van der Waals surface area (Å²) in [5.41, 5.74) is 16.7. The Morgan fingerprint density at radius 3 is 1.67 bits per heavy atom. The Morgan fingerprint density at radius 1 is 0.438 bits per heavy atom. The van der Waals surface area contributed by atoms with Crippen molar-refractivity contribution in [3.05, 3.63) is 265 Å². The van der Waals surface area contributed by atoms with Crippen LogP contribution in [0.4, 0.5) is 17.1 Å². The maximum atomic E-state index is 6.50. The molecule has 0 amide bonds. The zero-order valence-corrected chi connectivity index (χ0v) is 35.4. The summed E-state index contributed by atoms with van der Waals surface area (Å²) in [5, 5.41) is 3.71. The predicted octanol–water partition coefficient (Wildman–Crippen LogP) is 16.9. The average molecular weight is 820 g/mol. The van der Waals surface area contributed by atoms with Crippen LogP contribution in [-0.4, -0.2) is 0 Å². The summed E-state index contributed by atoms with van der Waals surface area (Å²) in [6.07, 6.45) is 21.1. The number of rotatable bonds is 8. The molecule has 8 aromatic carbocycles. The molecule has 9 aromatic rings. The van der Waals surface area contributed by atoms with Crippen LogP contribution in [0.3, 0.4) is 0 Å². The number of fused-ring (bicyclic) bond motifs is 5. The first kappa shape index (κ1) is 37.8. The van der Waals surface area contributed by atoms with E-state index in [4.69, 9.17) is 4.42 Å². The predicted molar refractivity (Wildman–Crippen MR) is 268 cm³/mol. The van der Waals surface area contributed by atoms with E-state index in [0.29, 0.717) is 11.8 Å². The van der Waals surface area contributed by atoms with E-state index in [1.54, 1.807) is 0 Å². The van der Waals surface area contributed by atoms with Gasteiger partial charge in [0, 0.05) is 45.8 Å². The summed E-state index contributed by atoms with van der Waals surface area (Å²) in [5.74, 6) is 1.88. The van der Waals surface area contributed by atoms with E-state index in [-0.39, 0.29) is 5.92 Å². The van der Waals surface area contributed by atoms with Crippen LogP contribution >= 0.6 is 0 Å². The Morgan fingerprint density at radius 2 is 0.984 bits per heavy atom. The molecule has 0 spiro atoms.